The topological polar surface area (TPSA) is 52.5 Å². The highest BCUT2D eigenvalue weighted by Gasteiger charge is 2.26. The minimum absolute atomic E-state index is 0.0211. The minimum atomic E-state index is -0.281. The average Bonchev–Trinajstić information content (AvgIpc) is 3.44. The van der Waals surface area contributed by atoms with E-state index >= 15 is 4.39 Å². The molecule has 0 saturated carbocycles. The maximum absolute atomic E-state index is 15.1. The van der Waals surface area contributed by atoms with Gasteiger partial charge in [-0.05, 0) is 62.1 Å². The number of nitrogens with zero attached hydrogens (tertiary/aromatic N) is 1. The minimum Gasteiger partial charge on any atom is -0.488 e. The summed E-state index contributed by atoms with van der Waals surface area (Å²) in [5, 5.41) is 2.98. The third-order valence-electron chi connectivity index (χ3n) is 6.18. The van der Waals surface area contributed by atoms with Crippen molar-refractivity contribution in [2.45, 2.75) is 45.3 Å². The van der Waals surface area contributed by atoms with Crippen molar-refractivity contribution in [2.24, 2.45) is 0 Å². The lowest BCUT2D eigenvalue weighted by Crippen LogP contribution is -2.31. The van der Waals surface area contributed by atoms with Gasteiger partial charge >= 0.3 is 0 Å². The van der Waals surface area contributed by atoms with E-state index in [-0.39, 0.29) is 17.8 Å². The number of ether oxygens (including phenoxy) is 2. The average molecular weight is 435 g/mol. The molecule has 3 heterocycles. The van der Waals surface area contributed by atoms with Crippen LogP contribution in [0.5, 0.6) is 5.75 Å². The van der Waals surface area contributed by atoms with E-state index in [9.17, 15) is 4.79 Å². The molecule has 1 atom stereocenters. The first kappa shape index (κ1) is 20.8. The quantitative estimate of drug-likeness (QED) is 0.611. The summed E-state index contributed by atoms with van der Waals surface area (Å²) in [6.07, 6.45) is 2.98. The van der Waals surface area contributed by atoms with Gasteiger partial charge in [-0.1, -0.05) is 18.2 Å². The van der Waals surface area contributed by atoms with Gasteiger partial charge in [0.05, 0.1) is 17.5 Å². The van der Waals surface area contributed by atoms with E-state index in [1.165, 1.54) is 0 Å². The van der Waals surface area contributed by atoms with Gasteiger partial charge in [0.15, 0.2) is 0 Å². The van der Waals surface area contributed by atoms with Gasteiger partial charge in [-0.3, -0.25) is 4.79 Å². The number of hydrogen-bond acceptors (Lipinski definition) is 3. The van der Waals surface area contributed by atoms with Gasteiger partial charge in [0.1, 0.15) is 18.2 Å². The Balaban J connectivity index is 1.46. The van der Waals surface area contributed by atoms with Crippen LogP contribution in [0.1, 0.15) is 36.1 Å². The number of aryl methyl sites for hydroxylation is 2. The predicted molar refractivity (Wildman–Crippen MR) is 121 cm³/mol. The highest BCUT2D eigenvalue weighted by atomic mass is 19.1. The molecule has 0 spiro atoms. The van der Waals surface area contributed by atoms with Crippen LogP contribution in [0, 0.1) is 12.7 Å². The molecule has 1 fully saturated rings. The van der Waals surface area contributed by atoms with E-state index in [0.717, 1.165) is 53.3 Å². The molecule has 6 heteroatoms. The van der Waals surface area contributed by atoms with Gasteiger partial charge in [0, 0.05) is 36.4 Å². The van der Waals surface area contributed by atoms with Crippen molar-refractivity contribution in [2.75, 3.05) is 13.2 Å². The predicted octanol–water partition coefficient (Wildman–Crippen LogP) is 4.71. The summed E-state index contributed by atoms with van der Waals surface area (Å²) in [7, 11) is 0. The molecule has 0 aliphatic carbocycles. The lowest BCUT2D eigenvalue weighted by molar-refractivity contribution is -0.121. The highest BCUT2D eigenvalue weighted by Crippen LogP contribution is 2.41. The van der Waals surface area contributed by atoms with Crippen LogP contribution >= 0.6 is 0 Å². The molecule has 0 bridgehead atoms. The first-order chi connectivity index (χ1) is 15.6. The second-order valence-corrected chi connectivity index (χ2v) is 8.52. The Labute approximate surface area is 187 Å². The monoisotopic (exact) mass is 434 g/mol. The molecule has 2 aromatic carbocycles. The molecule has 32 heavy (non-hydrogen) atoms. The third kappa shape index (κ3) is 4.02. The number of para-hydroxylation sites is 1. The van der Waals surface area contributed by atoms with Crippen LogP contribution in [0.2, 0.25) is 0 Å². The summed E-state index contributed by atoms with van der Waals surface area (Å²) >= 11 is 0. The fourth-order valence-electron chi connectivity index (χ4n) is 4.58. The number of hydrogen-bond donors (Lipinski definition) is 1. The molecule has 1 amide bonds. The molecule has 1 unspecified atom stereocenters. The van der Waals surface area contributed by atoms with E-state index in [1.54, 1.807) is 6.07 Å². The normalized spacial score (nSPS) is 16.9. The second-order valence-electron chi connectivity index (χ2n) is 8.52. The number of amides is 1. The Kier molecular flexibility index (Phi) is 5.70. The van der Waals surface area contributed by atoms with Crippen molar-refractivity contribution in [1.82, 2.24) is 9.88 Å². The Morgan fingerprint density at radius 2 is 2.09 bits per heavy atom. The van der Waals surface area contributed by atoms with Crippen LogP contribution < -0.4 is 10.1 Å². The first-order valence-electron chi connectivity index (χ1n) is 11.2. The number of fused-ring (bicyclic) bond motifs is 3. The summed E-state index contributed by atoms with van der Waals surface area (Å²) < 4.78 is 28.5. The molecule has 0 radical (unpaired) electrons. The molecule has 1 aromatic heterocycles. The number of carbonyl (C=O) groups is 1. The van der Waals surface area contributed by atoms with Gasteiger partial charge < -0.3 is 19.4 Å². The third-order valence-corrected chi connectivity index (χ3v) is 6.18. The van der Waals surface area contributed by atoms with Crippen molar-refractivity contribution in [3.63, 3.8) is 0 Å². The molecule has 1 saturated heterocycles. The van der Waals surface area contributed by atoms with Crippen molar-refractivity contribution < 1.29 is 18.7 Å². The van der Waals surface area contributed by atoms with Crippen molar-refractivity contribution in [3.05, 3.63) is 71.2 Å². The maximum Gasteiger partial charge on any atom is 0.220 e. The Morgan fingerprint density at radius 3 is 2.91 bits per heavy atom. The lowest BCUT2D eigenvalue weighted by Gasteiger charge is -2.21. The first-order valence-corrected chi connectivity index (χ1v) is 11.2. The fourth-order valence-corrected chi connectivity index (χ4v) is 4.58. The molecule has 5 nitrogen and oxygen atoms in total. The number of carbonyl (C=O) groups excluding carboxylic acids is 1. The lowest BCUT2D eigenvalue weighted by atomic mass is 10.0. The van der Waals surface area contributed by atoms with Crippen LogP contribution in [0.3, 0.4) is 0 Å². The zero-order chi connectivity index (χ0) is 22.1. The van der Waals surface area contributed by atoms with Crippen molar-refractivity contribution >= 4 is 5.91 Å². The number of aromatic nitrogens is 1. The highest BCUT2D eigenvalue weighted by molar-refractivity contribution is 5.77. The van der Waals surface area contributed by atoms with E-state index < -0.39 is 0 Å². The molecular formula is C26H27FN2O3. The van der Waals surface area contributed by atoms with Gasteiger partial charge in [-0.25, -0.2) is 4.39 Å². The van der Waals surface area contributed by atoms with Crippen LogP contribution in [0.4, 0.5) is 4.39 Å². The molecule has 3 aromatic rings. The van der Waals surface area contributed by atoms with Gasteiger partial charge in [0.25, 0.3) is 0 Å². The van der Waals surface area contributed by atoms with Gasteiger partial charge in [0.2, 0.25) is 5.91 Å². The van der Waals surface area contributed by atoms with E-state index in [4.69, 9.17) is 9.47 Å². The number of rotatable bonds is 6. The smallest absolute Gasteiger partial charge is 0.220 e. The summed E-state index contributed by atoms with van der Waals surface area (Å²) in [4.78, 5) is 12.5. The second kappa shape index (κ2) is 8.79. The summed E-state index contributed by atoms with van der Waals surface area (Å²) in [5.74, 6) is 0.483. The Hall–Kier alpha value is -3.12. The standard InChI is InChI=1S/C26H27FN2O3/c1-17-8-10-23(22(27)13-17)29-19(9-11-25(30)28-15-20-5-4-12-31-20)14-18-16-32-24-7-3-2-6-21(24)26(18)29/h2-3,6-8,10,13-14,20H,4-5,9,11-12,15-16H2,1H3,(H,28,30). The van der Waals surface area contributed by atoms with E-state index in [1.807, 2.05) is 54.0 Å². The Morgan fingerprint density at radius 1 is 1.22 bits per heavy atom. The van der Waals surface area contributed by atoms with E-state index in [0.29, 0.717) is 31.7 Å². The van der Waals surface area contributed by atoms with Gasteiger partial charge in [-0.2, -0.15) is 0 Å². The summed E-state index contributed by atoms with van der Waals surface area (Å²) in [6.45, 7) is 3.61. The SMILES string of the molecule is Cc1ccc(-n2c(CCC(=O)NCC3CCCO3)cc3c2-c2ccccc2OC3)c(F)c1. The largest absolute Gasteiger partial charge is 0.488 e. The summed E-state index contributed by atoms with van der Waals surface area (Å²) in [6, 6.07) is 15.1. The molecule has 166 valence electrons. The molecule has 2 aliphatic rings. The Bertz CT molecular complexity index is 1150. The molecule has 5 rings (SSSR count). The van der Waals surface area contributed by atoms with E-state index in [2.05, 4.69) is 5.32 Å². The van der Waals surface area contributed by atoms with Crippen LogP contribution in [0.25, 0.3) is 16.9 Å². The molecule has 2 aliphatic heterocycles. The zero-order valence-electron chi connectivity index (χ0n) is 18.2. The van der Waals surface area contributed by atoms with Crippen molar-refractivity contribution in [1.29, 1.82) is 0 Å². The van der Waals surface area contributed by atoms with Crippen LogP contribution in [0.15, 0.2) is 48.5 Å². The maximum atomic E-state index is 15.1. The molecular weight excluding hydrogens is 407 g/mol. The fraction of sp³-hybridized carbons (Fsp3) is 0.346. The number of halogens is 1. The summed E-state index contributed by atoms with van der Waals surface area (Å²) in [5.41, 5.74) is 5.12. The number of nitrogens with one attached hydrogen (secondary N) is 1. The van der Waals surface area contributed by atoms with Crippen molar-refractivity contribution in [3.8, 4) is 22.7 Å². The number of benzene rings is 2. The van der Waals surface area contributed by atoms with Gasteiger partial charge in [-0.15, -0.1) is 0 Å². The van der Waals surface area contributed by atoms with Crippen LogP contribution in [-0.4, -0.2) is 29.7 Å². The van der Waals surface area contributed by atoms with Crippen LogP contribution in [-0.2, 0) is 22.6 Å². The molecule has 1 N–H and O–H groups in total. The zero-order valence-corrected chi connectivity index (χ0v) is 18.2.